The highest BCUT2D eigenvalue weighted by Crippen LogP contribution is 2.43. The van der Waals surface area contributed by atoms with Crippen LogP contribution in [0, 0.1) is 0 Å². The zero-order valence-electron chi connectivity index (χ0n) is 54.8. The van der Waals surface area contributed by atoms with Crippen LogP contribution in [-0.4, -0.2) is 74.9 Å². The molecule has 2 atom stereocenters. The molecule has 0 fully saturated rings. The molecule has 0 radical (unpaired) electrons. The fourth-order valence-corrected chi connectivity index (χ4v) is 11.5. The van der Waals surface area contributed by atoms with Crippen LogP contribution in [0.15, 0.2) is 24.3 Å². The molecule has 0 bridgehead atoms. The summed E-state index contributed by atoms with van der Waals surface area (Å²) in [7, 11) is 1.48. The van der Waals surface area contributed by atoms with Crippen molar-refractivity contribution in [3.05, 3.63) is 24.3 Å². The Morgan fingerprint density at radius 2 is 0.667 bits per heavy atom. The van der Waals surface area contributed by atoms with Gasteiger partial charge in [0.15, 0.2) is 6.10 Å². The van der Waals surface area contributed by atoms with Crippen LogP contribution < -0.4 is 0 Å². The standard InChI is InChI=1S/C71H138NO8P/c1-6-8-10-12-14-16-18-20-22-24-25-26-27-28-29-30-31-32-33-34-35-36-37-38-39-40-41-42-43-44-45-46-47-48-50-51-53-55-57-59-61-63-70(73)77-67-69(68-79-81(75,76)78-66-65-72(3,4)5)80-71(74)64-62-60-58-56-54-52-49-23-21-19-17-15-13-11-9-7-2/h17,19,23,49,69H,6-16,18,20-22,24-48,50-68H2,1-5H3/p+1/b19-17-,49-23-. The van der Waals surface area contributed by atoms with Gasteiger partial charge in [-0.15, -0.1) is 0 Å². The maximum atomic E-state index is 12.8. The summed E-state index contributed by atoms with van der Waals surface area (Å²) in [5, 5.41) is 0. The molecule has 0 aliphatic rings. The lowest BCUT2D eigenvalue weighted by Gasteiger charge is -2.24. The van der Waals surface area contributed by atoms with E-state index in [1.54, 1.807) is 0 Å². The van der Waals surface area contributed by atoms with Crippen LogP contribution in [0.2, 0.25) is 0 Å². The van der Waals surface area contributed by atoms with Crippen molar-refractivity contribution >= 4 is 19.8 Å². The second-order valence-corrected chi connectivity index (χ2v) is 27.1. The Labute approximate surface area is 504 Å². The maximum Gasteiger partial charge on any atom is 0.472 e. The zero-order chi connectivity index (χ0) is 59.1. The second kappa shape index (κ2) is 63.0. The Balaban J connectivity index is 3.81. The molecule has 0 aromatic heterocycles. The minimum Gasteiger partial charge on any atom is -0.462 e. The molecule has 1 N–H and O–H groups in total. The number of phosphoric ester groups is 1. The number of unbranched alkanes of at least 4 members (excludes halogenated alkanes) is 49. The van der Waals surface area contributed by atoms with Crippen LogP contribution >= 0.6 is 7.82 Å². The number of rotatable bonds is 67. The van der Waals surface area contributed by atoms with E-state index in [1.807, 2.05) is 21.1 Å². The molecule has 81 heavy (non-hydrogen) atoms. The maximum absolute atomic E-state index is 12.8. The van der Waals surface area contributed by atoms with Gasteiger partial charge in [0.1, 0.15) is 19.8 Å². The van der Waals surface area contributed by atoms with Crippen molar-refractivity contribution in [1.82, 2.24) is 0 Å². The van der Waals surface area contributed by atoms with Gasteiger partial charge in [0, 0.05) is 12.8 Å². The Kier molecular flexibility index (Phi) is 61.8. The molecule has 0 amide bonds. The lowest BCUT2D eigenvalue weighted by atomic mass is 10.0. The number of allylic oxidation sites excluding steroid dienone is 4. The van der Waals surface area contributed by atoms with Gasteiger partial charge in [-0.25, -0.2) is 4.57 Å². The van der Waals surface area contributed by atoms with Gasteiger partial charge >= 0.3 is 19.8 Å². The molecule has 0 aromatic rings. The molecular formula is C71H139NO8P+. The third kappa shape index (κ3) is 67.5. The van der Waals surface area contributed by atoms with Crippen molar-refractivity contribution in [2.45, 2.75) is 373 Å². The summed E-state index contributed by atoms with van der Waals surface area (Å²) < 4.78 is 34.6. The number of likely N-dealkylation sites (N-methyl/N-ethyl adjacent to an activating group) is 1. The summed E-state index contributed by atoms with van der Waals surface area (Å²) in [6.45, 7) is 4.46. The topological polar surface area (TPSA) is 108 Å². The summed E-state index contributed by atoms with van der Waals surface area (Å²) in [4.78, 5) is 35.7. The molecule has 0 aromatic carbocycles. The monoisotopic (exact) mass is 1170 g/mol. The summed E-state index contributed by atoms with van der Waals surface area (Å²) in [5.74, 6) is -0.796. The second-order valence-electron chi connectivity index (χ2n) is 25.6. The van der Waals surface area contributed by atoms with Crippen molar-refractivity contribution in [2.24, 2.45) is 0 Å². The molecule has 0 spiro atoms. The van der Waals surface area contributed by atoms with Gasteiger partial charge in [-0.3, -0.25) is 18.6 Å². The smallest absolute Gasteiger partial charge is 0.462 e. The van der Waals surface area contributed by atoms with Crippen LogP contribution in [0.4, 0.5) is 0 Å². The van der Waals surface area contributed by atoms with Crippen molar-refractivity contribution in [1.29, 1.82) is 0 Å². The average molecular weight is 1170 g/mol. The predicted octanol–water partition coefficient (Wildman–Crippen LogP) is 22.9. The first kappa shape index (κ1) is 79.5. The molecule has 0 rings (SSSR count). The van der Waals surface area contributed by atoms with Crippen LogP contribution in [0.3, 0.4) is 0 Å². The number of quaternary nitrogens is 1. The minimum atomic E-state index is -4.39. The lowest BCUT2D eigenvalue weighted by molar-refractivity contribution is -0.870. The molecule has 10 heteroatoms. The van der Waals surface area contributed by atoms with Crippen LogP contribution in [0.5, 0.6) is 0 Å². The third-order valence-electron chi connectivity index (χ3n) is 16.2. The third-order valence-corrected chi connectivity index (χ3v) is 17.2. The Morgan fingerprint density at radius 3 is 0.988 bits per heavy atom. The van der Waals surface area contributed by atoms with Gasteiger partial charge in [-0.1, -0.05) is 334 Å². The number of phosphoric acid groups is 1. The van der Waals surface area contributed by atoms with Gasteiger partial charge < -0.3 is 18.9 Å². The van der Waals surface area contributed by atoms with Gasteiger partial charge in [0.05, 0.1) is 27.7 Å². The zero-order valence-corrected chi connectivity index (χ0v) is 55.7. The van der Waals surface area contributed by atoms with E-state index in [0.717, 1.165) is 57.8 Å². The van der Waals surface area contributed by atoms with E-state index in [4.69, 9.17) is 18.5 Å². The normalized spacial score (nSPS) is 13.2. The SMILES string of the molecule is CCCCCC/C=C\C/C=C\CCCCCCCC(=O)OC(COC(=O)CCCCCCCCCCCCCCCCCCCCCCCCCCCCCCCCCCCCCCCCCCC)COP(=O)(O)OCC[N+](C)(C)C. The van der Waals surface area contributed by atoms with Crippen LogP contribution in [-0.2, 0) is 32.7 Å². The van der Waals surface area contributed by atoms with E-state index >= 15 is 0 Å². The fraction of sp³-hybridized carbons (Fsp3) is 0.915. The van der Waals surface area contributed by atoms with Gasteiger partial charge in [-0.2, -0.15) is 0 Å². The molecule has 0 heterocycles. The van der Waals surface area contributed by atoms with Crippen molar-refractivity contribution in [2.75, 3.05) is 47.5 Å². The van der Waals surface area contributed by atoms with Crippen molar-refractivity contribution in [3.8, 4) is 0 Å². The highest BCUT2D eigenvalue weighted by Gasteiger charge is 2.27. The largest absolute Gasteiger partial charge is 0.472 e. The van der Waals surface area contributed by atoms with Crippen LogP contribution in [0.1, 0.15) is 367 Å². The number of carbonyl (C=O) groups excluding carboxylic acids is 2. The average Bonchev–Trinajstić information content (AvgIpc) is 3.43. The number of ether oxygens (including phenoxy) is 2. The van der Waals surface area contributed by atoms with E-state index in [2.05, 4.69) is 38.2 Å². The molecule has 480 valence electrons. The van der Waals surface area contributed by atoms with E-state index < -0.39 is 26.5 Å². The minimum absolute atomic E-state index is 0.0312. The van der Waals surface area contributed by atoms with E-state index in [-0.39, 0.29) is 25.6 Å². The number of carbonyl (C=O) groups is 2. The predicted molar refractivity (Wildman–Crippen MR) is 349 cm³/mol. The first-order chi connectivity index (χ1) is 39.5. The number of esters is 2. The fourth-order valence-electron chi connectivity index (χ4n) is 10.8. The highest BCUT2D eigenvalue weighted by molar-refractivity contribution is 7.47. The molecule has 0 aliphatic heterocycles. The summed E-state index contributed by atoms with van der Waals surface area (Å²) in [6.07, 6.45) is 79.0. The Bertz CT molecular complexity index is 1420. The number of hydrogen-bond acceptors (Lipinski definition) is 7. The van der Waals surface area contributed by atoms with Crippen molar-refractivity contribution in [3.63, 3.8) is 0 Å². The van der Waals surface area contributed by atoms with Crippen LogP contribution in [0.25, 0.3) is 0 Å². The molecule has 2 unspecified atom stereocenters. The lowest BCUT2D eigenvalue weighted by Crippen LogP contribution is -2.37. The highest BCUT2D eigenvalue weighted by atomic mass is 31.2. The van der Waals surface area contributed by atoms with E-state index in [9.17, 15) is 19.0 Å². The molecule has 0 saturated heterocycles. The van der Waals surface area contributed by atoms with E-state index in [1.165, 1.54) is 276 Å². The van der Waals surface area contributed by atoms with Gasteiger partial charge in [-0.05, 0) is 44.9 Å². The molecule has 0 saturated carbocycles. The van der Waals surface area contributed by atoms with Gasteiger partial charge in [0.25, 0.3) is 0 Å². The van der Waals surface area contributed by atoms with E-state index in [0.29, 0.717) is 23.9 Å². The first-order valence-corrected chi connectivity index (χ1v) is 37.1. The number of hydrogen-bond donors (Lipinski definition) is 1. The summed E-state index contributed by atoms with van der Waals surface area (Å²) in [6, 6.07) is 0. The van der Waals surface area contributed by atoms with Crippen molar-refractivity contribution < 1.29 is 42.1 Å². The summed E-state index contributed by atoms with van der Waals surface area (Å²) in [5.41, 5.74) is 0. The number of nitrogens with zero attached hydrogens (tertiary/aromatic N) is 1. The Morgan fingerprint density at radius 1 is 0.383 bits per heavy atom. The van der Waals surface area contributed by atoms with Gasteiger partial charge in [0.2, 0.25) is 0 Å². The first-order valence-electron chi connectivity index (χ1n) is 35.6. The quantitative estimate of drug-likeness (QED) is 0.0211. The molecular weight excluding hydrogens is 1030 g/mol. The molecule has 9 nitrogen and oxygen atoms in total. The summed E-state index contributed by atoms with van der Waals surface area (Å²) >= 11 is 0. The molecule has 0 aliphatic carbocycles. The Hall–Kier alpha value is -1.51.